The number of hydrogen-bond acceptors (Lipinski definition) is 3. The molecule has 116 valence electrons. The highest BCUT2D eigenvalue weighted by molar-refractivity contribution is 6.30. The summed E-state index contributed by atoms with van der Waals surface area (Å²) in [5, 5.41) is 4.04. The molecule has 1 heterocycles. The maximum absolute atomic E-state index is 6.02. The molecule has 0 spiro atoms. The number of benzene rings is 1. The van der Waals surface area contributed by atoms with Gasteiger partial charge >= 0.3 is 0 Å². The fourth-order valence-electron chi connectivity index (χ4n) is 2.14. The topological polar surface area (TPSA) is 53.4 Å². The van der Waals surface area contributed by atoms with Crippen LogP contribution in [0.4, 0.5) is 0 Å². The molecular formula is C16H20ClN5. The molecule has 2 rings (SSSR count). The third-order valence-corrected chi connectivity index (χ3v) is 3.38. The molecule has 22 heavy (non-hydrogen) atoms. The molecule has 6 heteroatoms. The van der Waals surface area contributed by atoms with Gasteiger partial charge in [0.1, 0.15) is 5.82 Å². The molecule has 0 saturated carbocycles. The maximum atomic E-state index is 6.02. The van der Waals surface area contributed by atoms with Crippen LogP contribution in [0.3, 0.4) is 0 Å². The van der Waals surface area contributed by atoms with Gasteiger partial charge in [-0.1, -0.05) is 23.7 Å². The van der Waals surface area contributed by atoms with Gasteiger partial charge in [-0.2, -0.15) is 0 Å². The van der Waals surface area contributed by atoms with Gasteiger partial charge < -0.3 is 10.2 Å². The van der Waals surface area contributed by atoms with Crippen molar-refractivity contribution in [1.82, 2.24) is 20.2 Å². The zero-order chi connectivity index (χ0) is 15.9. The van der Waals surface area contributed by atoms with E-state index in [1.807, 2.05) is 49.2 Å². The van der Waals surface area contributed by atoms with E-state index in [1.165, 1.54) is 0 Å². The van der Waals surface area contributed by atoms with Crippen LogP contribution in [0.25, 0.3) is 0 Å². The van der Waals surface area contributed by atoms with E-state index in [1.54, 1.807) is 13.2 Å². The lowest BCUT2D eigenvalue weighted by atomic mass is 10.2. The summed E-state index contributed by atoms with van der Waals surface area (Å²) in [4.78, 5) is 14.8. The monoisotopic (exact) mass is 317 g/mol. The summed E-state index contributed by atoms with van der Waals surface area (Å²) >= 11 is 6.02. The van der Waals surface area contributed by atoms with E-state index in [0.29, 0.717) is 6.54 Å². The smallest absolute Gasteiger partial charge is 0.194 e. The third-order valence-electron chi connectivity index (χ3n) is 3.14. The van der Waals surface area contributed by atoms with Crippen molar-refractivity contribution in [1.29, 1.82) is 0 Å². The van der Waals surface area contributed by atoms with Crippen LogP contribution < -0.4 is 5.32 Å². The molecule has 0 bridgehead atoms. The minimum absolute atomic E-state index is 0.607. The highest BCUT2D eigenvalue weighted by Crippen LogP contribution is 2.12. The van der Waals surface area contributed by atoms with E-state index in [0.717, 1.165) is 34.6 Å². The second kappa shape index (κ2) is 7.75. The van der Waals surface area contributed by atoms with Crippen LogP contribution in [0.15, 0.2) is 41.5 Å². The Balaban J connectivity index is 1.96. The van der Waals surface area contributed by atoms with E-state index >= 15 is 0 Å². The Hall–Kier alpha value is -2.14. The van der Waals surface area contributed by atoms with Crippen LogP contribution in [0.2, 0.25) is 5.02 Å². The molecule has 0 aliphatic carbocycles. The fraction of sp³-hybridized carbons (Fsp3) is 0.312. The minimum Gasteiger partial charge on any atom is -0.351 e. The second-order valence-electron chi connectivity index (χ2n) is 4.98. The molecule has 5 nitrogen and oxygen atoms in total. The van der Waals surface area contributed by atoms with E-state index in [9.17, 15) is 0 Å². The standard InChI is InChI=1S/C16H20ClN5/c1-12-19-8-7-15(21-12)10-20-16(18-2)22(3)11-13-5-4-6-14(17)9-13/h4-9H,10-11H2,1-3H3,(H,18,20). The van der Waals surface area contributed by atoms with Gasteiger partial charge in [0.25, 0.3) is 0 Å². The Morgan fingerprint density at radius 3 is 2.86 bits per heavy atom. The Morgan fingerprint density at radius 2 is 2.18 bits per heavy atom. The van der Waals surface area contributed by atoms with Crippen LogP contribution in [0.1, 0.15) is 17.1 Å². The van der Waals surface area contributed by atoms with Crippen molar-refractivity contribution < 1.29 is 0 Å². The van der Waals surface area contributed by atoms with Crippen molar-refractivity contribution in [2.75, 3.05) is 14.1 Å². The first kappa shape index (κ1) is 16.2. The average molecular weight is 318 g/mol. The molecule has 0 unspecified atom stereocenters. The molecule has 1 aromatic carbocycles. The first-order valence-corrected chi connectivity index (χ1v) is 7.41. The molecule has 0 amide bonds. The van der Waals surface area contributed by atoms with Crippen LogP contribution in [0, 0.1) is 6.92 Å². The number of nitrogens with zero attached hydrogens (tertiary/aromatic N) is 4. The zero-order valence-electron chi connectivity index (χ0n) is 13.0. The van der Waals surface area contributed by atoms with Gasteiger partial charge in [-0.05, 0) is 30.7 Å². The van der Waals surface area contributed by atoms with Crippen molar-refractivity contribution in [3.8, 4) is 0 Å². The van der Waals surface area contributed by atoms with Crippen LogP contribution in [-0.2, 0) is 13.1 Å². The average Bonchev–Trinajstić information content (AvgIpc) is 2.48. The summed E-state index contributed by atoms with van der Waals surface area (Å²) in [6.45, 7) is 3.21. The molecule has 0 aliphatic heterocycles. The molecule has 0 aliphatic rings. The number of halogens is 1. The predicted octanol–water partition coefficient (Wildman–Crippen LogP) is 2.65. The highest BCUT2D eigenvalue weighted by atomic mass is 35.5. The lowest BCUT2D eigenvalue weighted by Gasteiger charge is -2.22. The SMILES string of the molecule is CN=C(NCc1ccnc(C)n1)N(C)Cc1cccc(Cl)c1. The Labute approximate surface area is 136 Å². The van der Waals surface area contributed by atoms with E-state index in [2.05, 4.69) is 20.3 Å². The summed E-state index contributed by atoms with van der Waals surface area (Å²) in [7, 11) is 3.75. The van der Waals surface area contributed by atoms with E-state index < -0.39 is 0 Å². The second-order valence-corrected chi connectivity index (χ2v) is 5.42. The summed E-state index contributed by atoms with van der Waals surface area (Å²) in [5.41, 5.74) is 2.07. The Kier molecular flexibility index (Phi) is 5.72. The predicted molar refractivity (Wildman–Crippen MR) is 89.9 cm³/mol. The largest absolute Gasteiger partial charge is 0.351 e. The Bertz CT molecular complexity index is 656. The molecule has 2 aromatic rings. The Morgan fingerprint density at radius 1 is 1.36 bits per heavy atom. The number of rotatable bonds is 4. The zero-order valence-corrected chi connectivity index (χ0v) is 13.8. The first-order chi connectivity index (χ1) is 10.6. The molecule has 1 aromatic heterocycles. The summed E-state index contributed by atoms with van der Waals surface area (Å²) in [6, 6.07) is 9.72. The van der Waals surface area contributed by atoms with Gasteiger partial charge in [-0.3, -0.25) is 4.99 Å². The van der Waals surface area contributed by atoms with Crippen molar-refractivity contribution in [2.45, 2.75) is 20.0 Å². The minimum atomic E-state index is 0.607. The lowest BCUT2D eigenvalue weighted by Crippen LogP contribution is -2.38. The number of guanidine groups is 1. The number of hydrogen-bond donors (Lipinski definition) is 1. The van der Waals surface area contributed by atoms with Gasteiger partial charge in [0, 0.05) is 31.9 Å². The van der Waals surface area contributed by atoms with Gasteiger partial charge in [0.05, 0.1) is 12.2 Å². The summed E-state index contributed by atoms with van der Waals surface area (Å²) in [6.07, 6.45) is 1.76. The van der Waals surface area contributed by atoms with Gasteiger partial charge in [-0.25, -0.2) is 9.97 Å². The van der Waals surface area contributed by atoms with Crippen molar-refractivity contribution in [3.63, 3.8) is 0 Å². The van der Waals surface area contributed by atoms with Gasteiger partial charge in [0.2, 0.25) is 0 Å². The quantitative estimate of drug-likeness (QED) is 0.696. The van der Waals surface area contributed by atoms with Gasteiger partial charge in [-0.15, -0.1) is 0 Å². The van der Waals surface area contributed by atoms with Gasteiger partial charge in [0.15, 0.2) is 5.96 Å². The number of nitrogens with one attached hydrogen (secondary N) is 1. The summed E-state index contributed by atoms with van der Waals surface area (Å²) in [5.74, 6) is 1.57. The first-order valence-electron chi connectivity index (χ1n) is 7.03. The maximum Gasteiger partial charge on any atom is 0.194 e. The van der Waals surface area contributed by atoms with Crippen LogP contribution >= 0.6 is 11.6 Å². The highest BCUT2D eigenvalue weighted by Gasteiger charge is 2.07. The third kappa shape index (κ3) is 4.70. The molecule has 1 N–H and O–H groups in total. The number of aliphatic imine (C=N–C) groups is 1. The molecular weight excluding hydrogens is 298 g/mol. The summed E-state index contributed by atoms with van der Waals surface area (Å²) < 4.78 is 0. The van der Waals surface area contributed by atoms with E-state index in [-0.39, 0.29) is 0 Å². The van der Waals surface area contributed by atoms with Crippen molar-refractivity contribution >= 4 is 17.6 Å². The molecule has 0 atom stereocenters. The van der Waals surface area contributed by atoms with Crippen molar-refractivity contribution in [2.24, 2.45) is 4.99 Å². The number of aromatic nitrogens is 2. The molecule has 0 fully saturated rings. The van der Waals surface area contributed by atoms with Crippen molar-refractivity contribution in [3.05, 3.63) is 58.6 Å². The van der Waals surface area contributed by atoms with Crippen LogP contribution in [-0.4, -0.2) is 34.9 Å². The van der Waals surface area contributed by atoms with E-state index in [4.69, 9.17) is 11.6 Å². The van der Waals surface area contributed by atoms with Crippen LogP contribution in [0.5, 0.6) is 0 Å². The molecule has 0 radical (unpaired) electrons. The number of aryl methyl sites for hydroxylation is 1. The lowest BCUT2D eigenvalue weighted by molar-refractivity contribution is 0.476. The fourth-order valence-corrected chi connectivity index (χ4v) is 2.35. The molecule has 0 saturated heterocycles. The normalized spacial score (nSPS) is 11.4.